The van der Waals surface area contributed by atoms with Crippen molar-refractivity contribution in [3.63, 3.8) is 0 Å². The first kappa shape index (κ1) is 23.3. The van der Waals surface area contributed by atoms with Gasteiger partial charge in [-0.3, -0.25) is 9.59 Å². The first-order valence-electron chi connectivity index (χ1n) is 10.4. The number of hydrogen-bond donors (Lipinski definition) is 2. The Morgan fingerprint density at radius 1 is 1.15 bits per heavy atom. The summed E-state index contributed by atoms with van der Waals surface area (Å²) in [6, 6.07) is 15.2. The number of nitrogens with zero attached hydrogens (tertiary/aromatic N) is 2. The lowest BCUT2D eigenvalue weighted by Gasteiger charge is -2.14. The Morgan fingerprint density at radius 3 is 2.70 bits per heavy atom. The fourth-order valence-corrected chi connectivity index (χ4v) is 4.65. The van der Waals surface area contributed by atoms with Gasteiger partial charge in [0.05, 0.1) is 34.4 Å². The third-order valence-corrected chi connectivity index (χ3v) is 6.83. The molecule has 4 rings (SSSR count). The van der Waals surface area contributed by atoms with Crippen molar-refractivity contribution in [1.29, 1.82) is 0 Å². The van der Waals surface area contributed by atoms with Crippen LogP contribution in [0.15, 0.2) is 65.2 Å². The average molecular weight is 502 g/mol. The van der Waals surface area contributed by atoms with Crippen molar-refractivity contribution >= 4 is 46.4 Å². The number of hydrogen-bond acceptors (Lipinski definition) is 5. The van der Waals surface area contributed by atoms with E-state index < -0.39 is 17.6 Å². The van der Waals surface area contributed by atoms with Crippen LogP contribution in [0.4, 0.5) is 0 Å². The lowest BCUT2D eigenvalue weighted by Crippen LogP contribution is -2.30. The Hall–Kier alpha value is -2.87. The van der Waals surface area contributed by atoms with E-state index in [2.05, 4.69) is 10.3 Å². The number of aliphatic hydroxyl groups excluding tert-OH is 1. The number of carbonyl (C=O) groups excluding carboxylic acids is 2. The van der Waals surface area contributed by atoms with Gasteiger partial charge in [-0.05, 0) is 30.5 Å². The third kappa shape index (κ3) is 5.55. The highest BCUT2D eigenvalue weighted by Crippen LogP contribution is 2.26. The fourth-order valence-electron chi connectivity index (χ4n) is 3.51. The van der Waals surface area contributed by atoms with E-state index in [1.54, 1.807) is 12.1 Å². The van der Waals surface area contributed by atoms with E-state index in [0.717, 1.165) is 21.8 Å². The van der Waals surface area contributed by atoms with Crippen molar-refractivity contribution in [3.05, 3.63) is 85.9 Å². The normalized spacial score (nSPS) is 13.6. The molecule has 0 radical (unpaired) electrons. The van der Waals surface area contributed by atoms with Gasteiger partial charge in [-0.2, -0.15) is 0 Å². The largest absolute Gasteiger partial charge is 0.503 e. The van der Waals surface area contributed by atoms with Crippen molar-refractivity contribution in [3.8, 4) is 11.3 Å². The van der Waals surface area contributed by atoms with Gasteiger partial charge in [-0.1, -0.05) is 59.6 Å². The maximum atomic E-state index is 12.5. The molecule has 0 saturated heterocycles. The fraction of sp³-hybridized carbons (Fsp3) is 0.208. The van der Waals surface area contributed by atoms with Crippen LogP contribution in [-0.2, 0) is 22.6 Å². The van der Waals surface area contributed by atoms with E-state index >= 15 is 0 Å². The van der Waals surface area contributed by atoms with E-state index in [0.29, 0.717) is 29.4 Å². The van der Waals surface area contributed by atoms with Crippen LogP contribution in [0.3, 0.4) is 0 Å². The summed E-state index contributed by atoms with van der Waals surface area (Å²) in [6.07, 6.45) is 1.39. The number of rotatable bonds is 8. The smallest absolute Gasteiger partial charge is 0.289 e. The topological polar surface area (TPSA) is 82.5 Å². The van der Waals surface area contributed by atoms with E-state index in [9.17, 15) is 14.7 Å². The number of thiazole rings is 1. The molecule has 1 aliphatic rings. The summed E-state index contributed by atoms with van der Waals surface area (Å²) in [4.78, 5) is 31.0. The molecule has 2 heterocycles. The molecule has 0 unspecified atom stereocenters. The second kappa shape index (κ2) is 10.4. The van der Waals surface area contributed by atoms with Crippen LogP contribution in [0.5, 0.6) is 0 Å². The highest BCUT2D eigenvalue weighted by atomic mass is 35.5. The van der Waals surface area contributed by atoms with Gasteiger partial charge in [0.2, 0.25) is 0 Å². The number of benzene rings is 2. The molecule has 0 atom stereocenters. The second-order valence-electron chi connectivity index (χ2n) is 7.59. The van der Waals surface area contributed by atoms with E-state index in [4.69, 9.17) is 23.2 Å². The molecular formula is C24H21Cl2N3O3S. The number of aliphatic hydroxyl groups is 1. The molecule has 2 amide bonds. The van der Waals surface area contributed by atoms with Crippen LogP contribution < -0.4 is 5.32 Å². The molecule has 1 aromatic heterocycles. The maximum absolute atomic E-state index is 12.5. The first-order valence-corrected chi connectivity index (χ1v) is 12.0. The highest BCUT2D eigenvalue weighted by molar-refractivity contribution is 7.09. The number of aryl methyl sites for hydroxylation is 1. The summed E-state index contributed by atoms with van der Waals surface area (Å²) >= 11 is 13.4. The number of aromatic nitrogens is 1. The van der Waals surface area contributed by atoms with Gasteiger partial charge < -0.3 is 15.3 Å². The summed E-state index contributed by atoms with van der Waals surface area (Å²) in [5.74, 6) is -1.51. The highest BCUT2D eigenvalue weighted by Gasteiger charge is 2.34. The zero-order valence-corrected chi connectivity index (χ0v) is 19.9. The van der Waals surface area contributed by atoms with Crippen LogP contribution in [0.25, 0.3) is 11.3 Å². The molecular weight excluding hydrogens is 481 g/mol. The minimum atomic E-state index is -0.563. The average Bonchev–Trinajstić information content (AvgIpc) is 3.40. The van der Waals surface area contributed by atoms with Crippen molar-refractivity contribution in [2.45, 2.75) is 19.4 Å². The van der Waals surface area contributed by atoms with E-state index in [-0.39, 0.29) is 18.7 Å². The van der Waals surface area contributed by atoms with Crippen LogP contribution in [0.1, 0.15) is 17.0 Å². The van der Waals surface area contributed by atoms with Crippen molar-refractivity contribution in [1.82, 2.24) is 15.2 Å². The molecule has 0 saturated carbocycles. The predicted molar refractivity (Wildman–Crippen MR) is 130 cm³/mol. The van der Waals surface area contributed by atoms with Gasteiger partial charge in [0.1, 0.15) is 5.01 Å². The predicted octanol–water partition coefficient (Wildman–Crippen LogP) is 5.02. The minimum Gasteiger partial charge on any atom is -0.503 e. The Bertz CT molecular complexity index is 1210. The van der Waals surface area contributed by atoms with Crippen molar-refractivity contribution in [2.75, 3.05) is 13.1 Å². The van der Waals surface area contributed by atoms with Crippen molar-refractivity contribution < 1.29 is 14.7 Å². The molecule has 0 spiro atoms. The van der Waals surface area contributed by atoms with Crippen LogP contribution in [0, 0.1) is 0 Å². The van der Waals surface area contributed by atoms with Crippen LogP contribution in [0.2, 0.25) is 10.0 Å². The number of nitrogens with one attached hydrogen (secondary N) is 1. The Morgan fingerprint density at radius 2 is 1.94 bits per heavy atom. The third-order valence-electron chi connectivity index (χ3n) is 5.26. The molecule has 0 bridgehead atoms. The molecule has 2 aromatic carbocycles. The van der Waals surface area contributed by atoms with Gasteiger partial charge in [0.25, 0.3) is 11.8 Å². The molecule has 1 aliphatic heterocycles. The summed E-state index contributed by atoms with van der Waals surface area (Å²) in [5, 5.41) is 16.7. The molecule has 6 nitrogen and oxygen atoms in total. The Kier molecular flexibility index (Phi) is 7.33. The second-order valence-corrected chi connectivity index (χ2v) is 9.35. The molecule has 0 aliphatic carbocycles. The first-order chi connectivity index (χ1) is 15.9. The van der Waals surface area contributed by atoms with Crippen LogP contribution >= 0.6 is 34.5 Å². The number of halogens is 2. The molecule has 3 aromatic rings. The number of carbonyl (C=O) groups is 2. The van der Waals surface area contributed by atoms with E-state index in [1.165, 1.54) is 16.2 Å². The van der Waals surface area contributed by atoms with E-state index in [1.807, 2.05) is 41.8 Å². The summed E-state index contributed by atoms with van der Waals surface area (Å²) in [7, 11) is 0. The monoisotopic (exact) mass is 501 g/mol. The standard InChI is InChI=1S/C24H21Cl2N3O3S/c25-18-9-8-15(11-19(18)26)5-4-10-27-23(31)17-12-29(24(32)22(17)30)13-21-28-20(14-33-21)16-6-2-1-3-7-16/h1-3,6-9,11,14,30H,4-5,10,12-13H2,(H,27,31). The molecule has 2 N–H and O–H groups in total. The number of amides is 2. The van der Waals surface area contributed by atoms with Gasteiger partial charge >= 0.3 is 0 Å². The molecule has 9 heteroatoms. The zero-order valence-electron chi connectivity index (χ0n) is 17.6. The Labute approximate surface area is 205 Å². The summed E-state index contributed by atoms with van der Waals surface area (Å²) in [6.45, 7) is 0.676. The lowest BCUT2D eigenvalue weighted by atomic mass is 10.1. The quantitative estimate of drug-likeness (QED) is 0.424. The Balaban J connectivity index is 1.29. The molecule has 0 fully saturated rings. The summed E-state index contributed by atoms with van der Waals surface area (Å²) in [5.41, 5.74) is 2.92. The minimum absolute atomic E-state index is 0.0452. The zero-order chi connectivity index (χ0) is 23.4. The van der Waals surface area contributed by atoms with Gasteiger partial charge in [0.15, 0.2) is 5.76 Å². The molecule has 170 valence electrons. The SMILES string of the molecule is O=C(NCCCc1ccc(Cl)c(Cl)c1)C1=C(O)C(=O)N(Cc2nc(-c3ccccc3)cs2)C1. The van der Waals surface area contributed by atoms with Crippen LogP contribution in [-0.4, -0.2) is 39.9 Å². The van der Waals surface area contributed by atoms with Gasteiger partial charge in [-0.15, -0.1) is 11.3 Å². The molecule has 33 heavy (non-hydrogen) atoms. The van der Waals surface area contributed by atoms with Crippen molar-refractivity contribution in [2.24, 2.45) is 0 Å². The maximum Gasteiger partial charge on any atom is 0.289 e. The van der Waals surface area contributed by atoms with Gasteiger partial charge in [-0.25, -0.2) is 4.98 Å². The lowest BCUT2D eigenvalue weighted by molar-refractivity contribution is -0.128. The summed E-state index contributed by atoms with van der Waals surface area (Å²) < 4.78 is 0. The van der Waals surface area contributed by atoms with Gasteiger partial charge in [0, 0.05) is 17.5 Å².